The van der Waals surface area contributed by atoms with Gasteiger partial charge in [-0.15, -0.1) is 0 Å². The van der Waals surface area contributed by atoms with Crippen molar-refractivity contribution in [2.24, 2.45) is 10.5 Å². The van der Waals surface area contributed by atoms with Crippen molar-refractivity contribution < 1.29 is 28.5 Å². The molecule has 2 aliphatic rings. The van der Waals surface area contributed by atoms with Crippen LogP contribution in [0.15, 0.2) is 35.4 Å². The monoisotopic (exact) mass is 419 g/mol. The third-order valence-electron chi connectivity index (χ3n) is 4.89. The highest BCUT2D eigenvalue weighted by Gasteiger charge is 2.57. The van der Waals surface area contributed by atoms with E-state index in [0.717, 1.165) is 5.56 Å². The van der Waals surface area contributed by atoms with Gasteiger partial charge in [0.05, 0.1) is 12.0 Å². The number of fused-ring (bicyclic) bond motifs is 1. The highest BCUT2D eigenvalue weighted by molar-refractivity contribution is 5.75. The molecule has 0 N–H and O–H groups in total. The van der Waals surface area contributed by atoms with Crippen LogP contribution in [0.2, 0.25) is 0 Å². The third kappa shape index (κ3) is 5.30. The highest BCUT2D eigenvalue weighted by Crippen LogP contribution is 2.40. The summed E-state index contributed by atoms with van der Waals surface area (Å²) in [5, 5.41) is 3.82. The van der Waals surface area contributed by atoms with Crippen LogP contribution in [0, 0.1) is 5.41 Å². The highest BCUT2D eigenvalue weighted by atomic mass is 16.8. The van der Waals surface area contributed by atoms with Crippen LogP contribution in [0.5, 0.6) is 0 Å². The van der Waals surface area contributed by atoms with Gasteiger partial charge in [0.2, 0.25) is 0 Å². The van der Waals surface area contributed by atoms with Gasteiger partial charge in [-0.2, -0.15) is 0 Å². The van der Waals surface area contributed by atoms with Gasteiger partial charge in [0.1, 0.15) is 31.0 Å². The molecule has 0 aliphatic carbocycles. The maximum absolute atomic E-state index is 12.2. The van der Waals surface area contributed by atoms with Gasteiger partial charge in [-0.05, 0) is 45.7 Å². The van der Waals surface area contributed by atoms with E-state index in [4.69, 9.17) is 29.2 Å². The van der Waals surface area contributed by atoms with Crippen LogP contribution in [-0.2, 0) is 35.1 Å². The first-order chi connectivity index (χ1) is 14.1. The SMILES string of the molecule is CC1(C)O[C@H]2O[C@H]([C@H](COC(=O)C(C)(C)C)N=[N+]=[N-])[C@H](OCc3ccccc3)[C@H]2O1. The first-order valence-electron chi connectivity index (χ1n) is 9.99. The lowest BCUT2D eigenvalue weighted by molar-refractivity contribution is -0.222. The summed E-state index contributed by atoms with van der Waals surface area (Å²) in [5.41, 5.74) is 9.37. The third-order valence-corrected chi connectivity index (χ3v) is 4.89. The minimum absolute atomic E-state index is 0.126. The van der Waals surface area contributed by atoms with Crippen LogP contribution in [0.4, 0.5) is 0 Å². The molecule has 0 radical (unpaired) electrons. The fourth-order valence-corrected chi connectivity index (χ4v) is 3.41. The molecular formula is C21H29N3O6. The van der Waals surface area contributed by atoms with Gasteiger partial charge in [0, 0.05) is 4.91 Å². The predicted molar refractivity (Wildman–Crippen MR) is 107 cm³/mol. The second kappa shape index (κ2) is 8.91. The van der Waals surface area contributed by atoms with E-state index < -0.39 is 47.8 Å². The van der Waals surface area contributed by atoms with Gasteiger partial charge in [-0.1, -0.05) is 35.4 Å². The van der Waals surface area contributed by atoms with E-state index in [2.05, 4.69) is 10.0 Å². The van der Waals surface area contributed by atoms with Crippen LogP contribution in [0.25, 0.3) is 10.4 Å². The molecule has 0 amide bonds. The lowest BCUT2D eigenvalue weighted by atomic mass is 9.97. The molecule has 164 valence electrons. The molecule has 2 aliphatic heterocycles. The van der Waals surface area contributed by atoms with Crippen LogP contribution in [0.3, 0.4) is 0 Å². The summed E-state index contributed by atoms with van der Waals surface area (Å²) < 4.78 is 29.4. The van der Waals surface area contributed by atoms with Crippen LogP contribution >= 0.6 is 0 Å². The smallest absolute Gasteiger partial charge is 0.311 e. The van der Waals surface area contributed by atoms with E-state index in [-0.39, 0.29) is 6.61 Å². The average molecular weight is 419 g/mol. The number of nitrogens with zero attached hydrogens (tertiary/aromatic N) is 3. The van der Waals surface area contributed by atoms with Crippen molar-refractivity contribution in [3.8, 4) is 0 Å². The lowest BCUT2D eigenvalue weighted by Crippen LogP contribution is -2.44. The molecule has 0 bridgehead atoms. The summed E-state index contributed by atoms with van der Waals surface area (Å²) in [6.07, 6.45) is -2.42. The predicted octanol–water partition coefficient (Wildman–Crippen LogP) is 3.72. The van der Waals surface area contributed by atoms with E-state index in [1.165, 1.54) is 0 Å². The average Bonchev–Trinajstić information content (AvgIpc) is 3.14. The van der Waals surface area contributed by atoms with Crippen molar-refractivity contribution in [3.05, 3.63) is 46.3 Å². The molecule has 5 atom stereocenters. The normalized spacial score (nSPS) is 28.4. The van der Waals surface area contributed by atoms with Gasteiger partial charge in [0.25, 0.3) is 0 Å². The van der Waals surface area contributed by atoms with E-state index >= 15 is 0 Å². The molecular weight excluding hydrogens is 390 g/mol. The minimum atomic E-state index is -0.818. The van der Waals surface area contributed by atoms with Crippen molar-refractivity contribution in [1.29, 1.82) is 0 Å². The Balaban J connectivity index is 1.76. The van der Waals surface area contributed by atoms with E-state index in [9.17, 15) is 4.79 Å². The fourth-order valence-electron chi connectivity index (χ4n) is 3.41. The molecule has 9 nitrogen and oxygen atoms in total. The number of carbonyl (C=O) groups excluding carboxylic acids is 1. The molecule has 1 aromatic rings. The summed E-state index contributed by atoms with van der Waals surface area (Å²) in [6.45, 7) is 9.06. The van der Waals surface area contributed by atoms with Gasteiger partial charge in [0.15, 0.2) is 12.1 Å². The number of rotatable bonds is 7. The molecule has 2 heterocycles. The zero-order valence-electron chi connectivity index (χ0n) is 18.0. The Morgan fingerprint density at radius 3 is 2.60 bits per heavy atom. The van der Waals surface area contributed by atoms with E-state index in [0.29, 0.717) is 6.61 Å². The Morgan fingerprint density at radius 2 is 1.97 bits per heavy atom. The van der Waals surface area contributed by atoms with E-state index in [1.54, 1.807) is 34.6 Å². The van der Waals surface area contributed by atoms with Gasteiger partial charge >= 0.3 is 5.97 Å². The van der Waals surface area contributed by atoms with Crippen molar-refractivity contribution in [2.45, 2.75) is 77.7 Å². The molecule has 0 spiro atoms. The van der Waals surface area contributed by atoms with E-state index in [1.807, 2.05) is 30.3 Å². The molecule has 0 unspecified atom stereocenters. The summed E-state index contributed by atoms with van der Waals surface area (Å²) in [5.74, 6) is -1.21. The summed E-state index contributed by atoms with van der Waals surface area (Å²) in [6, 6.07) is 8.90. The lowest BCUT2D eigenvalue weighted by Gasteiger charge is -2.29. The molecule has 2 saturated heterocycles. The quantitative estimate of drug-likeness (QED) is 0.288. The molecule has 2 fully saturated rings. The van der Waals surface area contributed by atoms with Gasteiger partial charge in [-0.25, -0.2) is 0 Å². The Hall–Kier alpha value is -2.16. The maximum Gasteiger partial charge on any atom is 0.311 e. The number of hydrogen-bond donors (Lipinski definition) is 0. The second-order valence-electron chi connectivity index (χ2n) is 8.95. The largest absolute Gasteiger partial charge is 0.465 e. The topological polar surface area (TPSA) is 112 Å². The number of hydrogen-bond acceptors (Lipinski definition) is 7. The molecule has 9 heteroatoms. The minimum Gasteiger partial charge on any atom is -0.465 e. The number of benzene rings is 1. The van der Waals surface area contributed by atoms with Crippen molar-refractivity contribution in [1.82, 2.24) is 0 Å². The zero-order chi connectivity index (χ0) is 21.9. The standard InChI is InChI=1S/C21H29N3O6/c1-20(2,3)19(25)27-12-14(23-24-22)15-16(26-11-13-9-7-6-8-10-13)17-18(28-15)30-21(4,5)29-17/h6-10,14-18H,11-12H2,1-5H3/t14-,15+,16-,17+,18+/m0/s1. The van der Waals surface area contributed by atoms with Gasteiger partial charge < -0.3 is 23.7 Å². The maximum atomic E-state index is 12.2. The summed E-state index contributed by atoms with van der Waals surface area (Å²) >= 11 is 0. The van der Waals surface area contributed by atoms with Crippen molar-refractivity contribution >= 4 is 5.97 Å². The zero-order valence-corrected chi connectivity index (χ0v) is 18.0. The first-order valence-corrected chi connectivity index (χ1v) is 9.99. The number of azide groups is 1. The molecule has 30 heavy (non-hydrogen) atoms. The molecule has 1 aromatic carbocycles. The number of carbonyl (C=O) groups is 1. The molecule has 0 saturated carbocycles. The van der Waals surface area contributed by atoms with Crippen LogP contribution < -0.4 is 0 Å². The summed E-state index contributed by atoms with van der Waals surface area (Å²) in [4.78, 5) is 15.1. The Morgan fingerprint density at radius 1 is 1.27 bits per heavy atom. The molecule has 0 aromatic heterocycles. The molecule has 3 rings (SSSR count). The number of ether oxygens (including phenoxy) is 5. The fraction of sp³-hybridized carbons (Fsp3) is 0.667. The van der Waals surface area contributed by atoms with Gasteiger partial charge in [-0.3, -0.25) is 4.79 Å². The first kappa shape index (κ1) is 22.5. The Bertz CT molecular complexity index is 788. The van der Waals surface area contributed by atoms with Crippen molar-refractivity contribution in [2.75, 3.05) is 6.61 Å². The van der Waals surface area contributed by atoms with Crippen LogP contribution in [-0.4, -0.2) is 49.0 Å². The summed E-state index contributed by atoms with van der Waals surface area (Å²) in [7, 11) is 0. The van der Waals surface area contributed by atoms with Crippen LogP contribution in [0.1, 0.15) is 40.2 Å². The second-order valence-corrected chi connectivity index (χ2v) is 8.95. The number of esters is 1. The Kier molecular flexibility index (Phi) is 6.69. The Labute approximate surface area is 176 Å². The van der Waals surface area contributed by atoms with Crippen molar-refractivity contribution in [3.63, 3.8) is 0 Å².